The molecule has 2 N–H and O–H groups in total. The van der Waals surface area contributed by atoms with Crippen LogP contribution >= 0.6 is 0 Å². The summed E-state index contributed by atoms with van der Waals surface area (Å²) in [5.74, 6) is -2.32. The average Bonchev–Trinajstić information content (AvgIpc) is 2.94. The predicted molar refractivity (Wildman–Crippen MR) is 85.7 cm³/mol. The maximum atomic E-state index is 13.4. The van der Waals surface area contributed by atoms with Crippen molar-refractivity contribution in [3.8, 4) is 11.3 Å². The Labute approximate surface area is 141 Å². The number of nitrogen functional groups attached to an aromatic ring is 1. The molecule has 0 atom stereocenters. The number of likely N-dealkylation sites (tertiary alicyclic amines) is 1. The van der Waals surface area contributed by atoms with Gasteiger partial charge in [-0.05, 0) is 12.1 Å². The van der Waals surface area contributed by atoms with Gasteiger partial charge in [-0.1, -0.05) is 12.1 Å². The molecule has 0 unspecified atom stereocenters. The van der Waals surface area contributed by atoms with Crippen molar-refractivity contribution in [3.63, 3.8) is 0 Å². The second-order valence-corrected chi connectivity index (χ2v) is 6.12. The van der Waals surface area contributed by atoms with Crippen molar-refractivity contribution in [2.45, 2.75) is 12.3 Å². The van der Waals surface area contributed by atoms with Crippen molar-refractivity contribution in [1.82, 2.24) is 24.5 Å². The van der Waals surface area contributed by atoms with Gasteiger partial charge in [0.1, 0.15) is 5.82 Å². The lowest BCUT2D eigenvalue weighted by Gasteiger charge is -2.38. The Morgan fingerprint density at radius 1 is 1.16 bits per heavy atom. The highest BCUT2D eigenvalue weighted by molar-refractivity contribution is 5.65. The third-order valence-corrected chi connectivity index (χ3v) is 4.08. The maximum absolute atomic E-state index is 13.4. The van der Waals surface area contributed by atoms with Gasteiger partial charge in [0.2, 0.25) is 5.95 Å². The van der Waals surface area contributed by atoms with E-state index in [0.29, 0.717) is 35.7 Å². The Kier molecular flexibility index (Phi) is 3.60. The van der Waals surface area contributed by atoms with Gasteiger partial charge >= 0.3 is 0 Å². The summed E-state index contributed by atoms with van der Waals surface area (Å²) in [6.07, 6.45) is 0.437. The third kappa shape index (κ3) is 3.14. The molecule has 1 aliphatic heterocycles. The van der Waals surface area contributed by atoms with E-state index in [1.165, 1.54) is 16.6 Å². The van der Waals surface area contributed by atoms with E-state index in [2.05, 4.69) is 15.1 Å². The first-order valence-corrected chi connectivity index (χ1v) is 7.78. The fraction of sp³-hybridized carbons (Fsp3) is 0.312. The van der Waals surface area contributed by atoms with Crippen LogP contribution < -0.4 is 5.73 Å². The van der Waals surface area contributed by atoms with Crippen molar-refractivity contribution in [1.29, 1.82) is 0 Å². The van der Waals surface area contributed by atoms with Crippen molar-refractivity contribution in [2.24, 2.45) is 0 Å². The minimum atomic E-state index is -2.58. The molecule has 0 spiro atoms. The van der Waals surface area contributed by atoms with E-state index in [4.69, 9.17) is 5.73 Å². The molecule has 4 rings (SSSR count). The molecule has 0 aliphatic carbocycles. The van der Waals surface area contributed by atoms with Crippen LogP contribution in [0.5, 0.6) is 0 Å². The average molecular weight is 348 g/mol. The number of halogens is 3. The summed E-state index contributed by atoms with van der Waals surface area (Å²) >= 11 is 0. The highest BCUT2D eigenvalue weighted by atomic mass is 19.3. The molecule has 1 fully saturated rings. The Hall–Kier alpha value is -2.68. The first-order chi connectivity index (χ1) is 11.9. The van der Waals surface area contributed by atoms with Crippen LogP contribution in [-0.4, -0.2) is 50.0 Å². The number of hydrogen-bond donors (Lipinski definition) is 1. The zero-order valence-corrected chi connectivity index (χ0v) is 13.2. The molecule has 1 aliphatic rings. The highest BCUT2D eigenvalue weighted by Gasteiger charge is 2.43. The lowest BCUT2D eigenvalue weighted by atomic mass is 10.1. The Morgan fingerprint density at radius 3 is 2.68 bits per heavy atom. The van der Waals surface area contributed by atoms with Crippen LogP contribution in [0.3, 0.4) is 0 Å². The number of fused-ring (bicyclic) bond motifs is 1. The van der Waals surface area contributed by atoms with E-state index in [9.17, 15) is 13.2 Å². The van der Waals surface area contributed by atoms with Gasteiger partial charge in [0.05, 0.1) is 18.8 Å². The van der Waals surface area contributed by atoms with E-state index in [1.54, 1.807) is 23.1 Å². The highest BCUT2D eigenvalue weighted by Crippen LogP contribution is 2.26. The minimum absolute atomic E-state index is 0.131. The normalized spacial score (nSPS) is 16.9. The van der Waals surface area contributed by atoms with Crippen molar-refractivity contribution in [3.05, 3.63) is 42.0 Å². The molecule has 25 heavy (non-hydrogen) atoms. The standard InChI is InChI=1S/C16H15F3N6/c17-11-3-1-2-10(6-11)12-7-14-22-13(23-25(14)15(20)21-12)4-5-24-8-16(18,19)9-24/h1-3,6-7H,4-5,8-9H2,(H2,20,21). The van der Waals surface area contributed by atoms with Crippen LogP contribution in [0.2, 0.25) is 0 Å². The lowest BCUT2D eigenvalue weighted by molar-refractivity contribution is -0.129. The topological polar surface area (TPSA) is 72.3 Å². The lowest BCUT2D eigenvalue weighted by Crippen LogP contribution is -2.56. The smallest absolute Gasteiger partial charge is 0.272 e. The number of alkyl halides is 2. The number of anilines is 1. The van der Waals surface area contributed by atoms with E-state index in [-0.39, 0.29) is 24.9 Å². The second-order valence-electron chi connectivity index (χ2n) is 6.12. The molecule has 3 aromatic rings. The number of aromatic nitrogens is 4. The third-order valence-electron chi connectivity index (χ3n) is 4.08. The number of nitrogens with two attached hydrogens (primary N) is 1. The monoisotopic (exact) mass is 348 g/mol. The van der Waals surface area contributed by atoms with Crippen LogP contribution in [0, 0.1) is 5.82 Å². The van der Waals surface area contributed by atoms with Gasteiger partial charge in [-0.2, -0.15) is 4.52 Å². The summed E-state index contributed by atoms with van der Waals surface area (Å²) < 4.78 is 40.5. The number of benzene rings is 1. The van der Waals surface area contributed by atoms with E-state index in [0.717, 1.165) is 0 Å². The molecule has 0 radical (unpaired) electrons. The summed E-state index contributed by atoms with van der Waals surface area (Å²) in [7, 11) is 0. The van der Waals surface area contributed by atoms with Crippen LogP contribution in [0.25, 0.3) is 16.9 Å². The van der Waals surface area contributed by atoms with Gasteiger partial charge in [-0.3, -0.25) is 4.90 Å². The molecule has 2 aromatic heterocycles. The largest absolute Gasteiger partial charge is 0.368 e. The zero-order valence-electron chi connectivity index (χ0n) is 13.2. The predicted octanol–water partition coefficient (Wildman–Crippen LogP) is 2.01. The molecule has 3 heterocycles. The van der Waals surface area contributed by atoms with Crippen LogP contribution in [0.15, 0.2) is 30.3 Å². The molecular formula is C16H15F3N6. The van der Waals surface area contributed by atoms with Crippen LogP contribution in [0.1, 0.15) is 5.82 Å². The van der Waals surface area contributed by atoms with E-state index in [1.807, 2.05) is 0 Å². The van der Waals surface area contributed by atoms with Gasteiger partial charge in [-0.25, -0.2) is 23.1 Å². The fourth-order valence-electron chi connectivity index (χ4n) is 2.88. The fourth-order valence-corrected chi connectivity index (χ4v) is 2.88. The number of rotatable bonds is 4. The van der Waals surface area contributed by atoms with Gasteiger partial charge in [-0.15, -0.1) is 5.10 Å². The first kappa shape index (κ1) is 15.8. The molecule has 130 valence electrons. The zero-order chi connectivity index (χ0) is 17.6. The number of nitrogens with zero attached hydrogens (tertiary/aromatic N) is 5. The summed E-state index contributed by atoms with van der Waals surface area (Å²) in [4.78, 5) is 10.2. The maximum Gasteiger partial charge on any atom is 0.272 e. The van der Waals surface area contributed by atoms with Gasteiger partial charge in [0.25, 0.3) is 5.92 Å². The van der Waals surface area contributed by atoms with Crippen molar-refractivity contribution < 1.29 is 13.2 Å². The molecule has 0 amide bonds. The first-order valence-electron chi connectivity index (χ1n) is 7.78. The molecule has 0 bridgehead atoms. The quantitative estimate of drug-likeness (QED) is 0.781. The second kappa shape index (κ2) is 5.69. The van der Waals surface area contributed by atoms with E-state index >= 15 is 0 Å². The summed E-state index contributed by atoms with van der Waals surface area (Å²) in [6, 6.07) is 7.69. The molecular weight excluding hydrogens is 333 g/mol. The Bertz CT molecular complexity index is 931. The summed E-state index contributed by atoms with van der Waals surface area (Å²) in [6.45, 7) is -0.00186. The van der Waals surface area contributed by atoms with Gasteiger partial charge < -0.3 is 5.73 Å². The van der Waals surface area contributed by atoms with Crippen LogP contribution in [0.4, 0.5) is 19.1 Å². The van der Waals surface area contributed by atoms with E-state index < -0.39 is 5.92 Å². The van der Waals surface area contributed by atoms with Crippen LogP contribution in [-0.2, 0) is 6.42 Å². The molecule has 1 saturated heterocycles. The molecule has 1 aromatic carbocycles. The Balaban J connectivity index is 1.57. The van der Waals surface area contributed by atoms with Crippen molar-refractivity contribution >= 4 is 11.6 Å². The molecule has 0 saturated carbocycles. The Morgan fingerprint density at radius 2 is 1.96 bits per heavy atom. The molecule has 9 heteroatoms. The summed E-state index contributed by atoms with van der Waals surface area (Å²) in [5.41, 5.74) is 7.48. The minimum Gasteiger partial charge on any atom is -0.368 e. The SMILES string of the molecule is Nc1nc(-c2cccc(F)c2)cc2nc(CCN3CC(F)(F)C3)nn12. The van der Waals surface area contributed by atoms with Gasteiger partial charge in [0, 0.05) is 24.6 Å². The summed E-state index contributed by atoms with van der Waals surface area (Å²) in [5, 5.41) is 4.26. The van der Waals surface area contributed by atoms with Gasteiger partial charge in [0.15, 0.2) is 11.5 Å². The number of hydrogen-bond acceptors (Lipinski definition) is 5. The molecule has 6 nitrogen and oxygen atoms in total. The van der Waals surface area contributed by atoms with Crippen molar-refractivity contribution in [2.75, 3.05) is 25.4 Å².